The number of carbonyl (C=O) groups excluding carboxylic acids is 1. The number of quaternary nitrogens is 2. The molecule has 0 rings (SSSR count). The average Bonchev–Trinajstić information content (AvgIpc) is 1.93. The Hall–Kier alpha value is -0.610. The van der Waals surface area contributed by atoms with Gasteiger partial charge in [-0.05, 0) is 0 Å². The van der Waals surface area contributed by atoms with Gasteiger partial charge in [0.15, 0.2) is 0 Å². The molecule has 0 saturated carbocycles. The van der Waals surface area contributed by atoms with Crippen molar-refractivity contribution in [2.45, 2.75) is 19.6 Å². The van der Waals surface area contributed by atoms with Crippen LogP contribution in [0.2, 0.25) is 0 Å². The Morgan fingerprint density at radius 2 is 1.60 bits per heavy atom. The smallest absolute Gasteiger partial charge is 0.307 e. The van der Waals surface area contributed by atoms with E-state index in [0.717, 1.165) is 17.4 Å². The molecule has 0 aliphatic rings. The van der Waals surface area contributed by atoms with Gasteiger partial charge in [-0.2, -0.15) is 0 Å². The molecule has 0 spiro atoms. The number of hydrogen-bond acceptors (Lipinski definition) is 2. The van der Waals surface area contributed by atoms with Gasteiger partial charge in [0.25, 0.3) is 0 Å². The van der Waals surface area contributed by atoms with Gasteiger partial charge in [-0.1, -0.05) is 0 Å². The Bertz CT molecular complexity index is 214. The maximum Gasteiger partial charge on any atom is 0.307 e. The highest BCUT2D eigenvalue weighted by Gasteiger charge is 2.28. The first kappa shape index (κ1) is 14.4. The molecular formula is C11H26N2O2+2. The summed E-state index contributed by atoms with van der Waals surface area (Å²) in [5, 5.41) is 0. The van der Waals surface area contributed by atoms with Crippen LogP contribution in [0.4, 0.5) is 0 Å². The predicted molar refractivity (Wildman–Crippen MR) is 61.1 cm³/mol. The Labute approximate surface area is 93.6 Å². The van der Waals surface area contributed by atoms with Crippen molar-refractivity contribution in [3.63, 3.8) is 0 Å². The Kier molecular flexibility index (Phi) is 4.74. The van der Waals surface area contributed by atoms with Crippen molar-refractivity contribution in [2.24, 2.45) is 0 Å². The molecule has 1 atom stereocenters. The molecule has 0 aromatic heterocycles. The summed E-state index contributed by atoms with van der Waals surface area (Å²) in [6, 6.07) is 0. The molecule has 0 saturated heterocycles. The lowest BCUT2D eigenvalue weighted by Crippen LogP contribution is -2.50. The zero-order chi connectivity index (χ0) is 12.3. The van der Waals surface area contributed by atoms with Crippen LogP contribution in [-0.4, -0.2) is 70.0 Å². The Balaban J connectivity index is 4.33. The minimum absolute atomic E-state index is 0.0557. The van der Waals surface area contributed by atoms with Crippen LogP contribution in [0, 0.1) is 0 Å². The summed E-state index contributed by atoms with van der Waals surface area (Å²) in [7, 11) is 12.6. The minimum Gasteiger partial charge on any atom is -0.412 e. The molecule has 1 unspecified atom stereocenters. The molecule has 0 aromatic carbocycles. The lowest BCUT2D eigenvalue weighted by molar-refractivity contribution is -0.925. The fourth-order valence-corrected chi connectivity index (χ4v) is 1.29. The molecule has 0 fully saturated rings. The van der Waals surface area contributed by atoms with Gasteiger partial charge >= 0.3 is 5.97 Å². The summed E-state index contributed by atoms with van der Waals surface area (Å²) < 4.78 is 6.87. The summed E-state index contributed by atoms with van der Waals surface area (Å²) in [5.41, 5.74) is 0. The third-order valence-electron chi connectivity index (χ3n) is 2.21. The maximum absolute atomic E-state index is 11.0. The first-order valence-corrected chi connectivity index (χ1v) is 5.31. The van der Waals surface area contributed by atoms with Crippen LogP contribution in [-0.2, 0) is 9.53 Å². The summed E-state index contributed by atoms with van der Waals surface area (Å²) in [6.07, 6.45) is 0.826. The molecule has 0 bridgehead atoms. The van der Waals surface area contributed by atoms with Crippen molar-refractivity contribution in [3.8, 4) is 0 Å². The van der Waals surface area contributed by atoms with Gasteiger partial charge in [-0.25, -0.2) is 0 Å². The van der Waals surface area contributed by atoms with Crippen LogP contribution in [0.25, 0.3) is 0 Å². The molecule has 4 nitrogen and oxygen atoms in total. The molecule has 0 radical (unpaired) electrons. The van der Waals surface area contributed by atoms with E-state index in [1.165, 1.54) is 6.92 Å². The largest absolute Gasteiger partial charge is 0.412 e. The van der Waals surface area contributed by atoms with Crippen LogP contribution in [0.3, 0.4) is 0 Å². The normalized spacial score (nSPS) is 14.9. The van der Waals surface area contributed by atoms with E-state index in [9.17, 15) is 4.79 Å². The number of nitrogens with zero attached hydrogens (tertiary/aromatic N) is 2. The van der Waals surface area contributed by atoms with Crippen LogP contribution < -0.4 is 0 Å². The van der Waals surface area contributed by atoms with Gasteiger partial charge in [0.2, 0.25) is 6.23 Å². The highest BCUT2D eigenvalue weighted by Crippen LogP contribution is 2.11. The fraction of sp³-hybridized carbons (Fsp3) is 0.909. The Morgan fingerprint density at radius 3 is 1.87 bits per heavy atom. The van der Waals surface area contributed by atoms with Crippen molar-refractivity contribution in [2.75, 3.05) is 48.8 Å². The molecule has 4 heteroatoms. The van der Waals surface area contributed by atoms with Crippen molar-refractivity contribution in [1.82, 2.24) is 0 Å². The summed E-state index contributed by atoms with van der Waals surface area (Å²) in [6.45, 7) is 2.46. The van der Waals surface area contributed by atoms with Gasteiger partial charge in [-0.3, -0.25) is 9.28 Å². The standard InChI is InChI=1S/C11H26N2O2/c1-10(14)15-11(13(5,6)7)8-9-12(2,3)4/h11H,8-9H2,1-7H3/q+2. The second-order valence-corrected chi connectivity index (χ2v) is 5.98. The molecule has 90 valence electrons. The van der Waals surface area contributed by atoms with E-state index in [-0.39, 0.29) is 12.2 Å². The van der Waals surface area contributed by atoms with E-state index in [1.807, 2.05) is 21.1 Å². The van der Waals surface area contributed by atoms with Crippen molar-refractivity contribution in [3.05, 3.63) is 0 Å². The monoisotopic (exact) mass is 218 g/mol. The molecule has 0 aromatic rings. The van der Waals surface area contributed by atoms with Crippen LogP contribution in [0.5, 0.6) is 0 Å². The molecule has 15 heavy (non-hydrogen) atoms. The Morgan fingerprint density at radius 1 is 1.13 bits per heavy atom. The molecule has 0 N–H and O–H groups in total. The third-order valence-corrected chi connectivity index (χ3v) is 2.21. The molecule has 0 amide bonds. The maximum atomic E-state index is 11.0. The predicted octanol–water partition coefficient (Wildman–Crippen LogP) is 0.678. The lowest BCUT2D eigenvalue weighted by Gasteiger charge is -2.34. The SMILES string of the molecule is CC(=O)OC(CC[N+](C)(C)C)[N+](C)(C)C. The number of hydrogen-bond donors (Lipinski definition) is 0. The molecular weight excluding hydrogens is 192 g/mol. The van der Waals surface area contributed by atoms with E-state index in [2.05, 4.69) is 21.1 Å². The van der Waals surface area contributed by atoms with E-state index >= 15 is 0 Å². The zero-order valence-electron chi connectivity index (χ0n) is 11.2. The first-order valence-electron chi connectivity index (χ1n) is 5.31. The van der Waals surface area contributed by atoms with Crippen LogP contribution >= 0.6 is 0 Å². The third kappa shape index (κ3) is 7.33. The molecule has 0 heterocycles. The van der Waals surface area contributed by atoms with Gasteiger partial charge < -0.3 is 9.22 Å². The van der Waals surface area contributed by atoms with Gasteiger partial charge in [0, 0.05) is 6.92 Å². The topological polar surface area (TPSA) is 26.3 Å². The first-order chi connectivity index (χ1) is 6.52. The van der Waals surface area contributed by atoms with Gasteiger partial charge in [0.1, 0.15) is 0 Å². The van der Waals surface area contributed by atoms with Gasteiger partial charge in [-0.15, -0.1) is 0 Å². The highest BCUT2D eigenvalue weighted by atomic mass is 16.6. The second-order valence-electron chi connectivity index (χ2n) is 5.98. The number of ether oxygens (including phenoxy) is 1. The minimum atomic E-state index is -0.200. The molecule has 0 aliphatic carbocycles. The van der Waals surface area contributed by atoms with E-state index in [1.54, 1.807) is 0 Å². The van der Waals surface area contributed by atoms with Crippen LogP contribution in [0.1, 0.15) is 13.3 Å². The van der Waals surface area contributed by atoms with Gasteiger partial charge in [0.05, 0.1) is 55.3 Å². The van der Waals surface area contributed by atoms with E-state index < -0.39 is 0 Å². The number of rotatable bonds is 5. The van der Waals surface area contributed by atoms with E-state index in [0.29, 0.717) is 4.48 Å². The van der Waals surface area contributed by atoms with E-state index in [4.69, 9.17) is 4.74 Å². The fourth-order valence-electron chi connectivity index (χ4n) is 1.29. The average molecular weight is 218 g/mol. The lowest BCUT2D eigenvalue weighted by atomic mass is 10.3. The van der Waals surface area contributed by atoms with Crippen molar-refractivity contribution in [1.29, 1.82) is 0 Å². The zero-order valence-corrected chi connectivity index (χ0v) is 11.2. The second kappa shape index (κ2) is 4.94. The summed E-state index contributed by atoms with van der Waals surface area (Å²) in [4.78, 5) is 11.0. The summed E-state index contributed by atoms with van der Waals surface area (Å²) >= 11 is 0. The van der Waals surface area contributed by atoms with Crippen molar-refractivity contribution >= 4 is 5.97 Å². The van der Waals surface area contributed by atoms with Crippen molar-refractivity contribution < 1.29 is 18.5 Å². The number of esters is 1. The quantitative estimate of drug-likeness (QED) is 0.385. The summed E-state index contributed by atoms with van der Waals surface area (Å²) in [5.74, 6) is -0.200. The number of carbonyl (C=O) groups is 1. The van der Waals surface area contributed by atoms with Crippen LogP contribution in [0.15, 0.2) is 0 Å². The molecule has 0 aliphatic heterocycles. The highest BCUT2D eigenvalue weighted by molar-refractivity contribution is 5.66.